The van der Waals surface area contributed by atoms with Gasteiger partial charge in [0.2, 0.25) is 0 Å². The second-order valence-corrected chi connectivity index (χ2v) is 3.82. The predicted molar refractivity (Wildman–Crippen MR) is 41.7 cm³/mol. The van der Waals surface area contributed by atoms with E-state index in [2.05, 4.69) is 6.07 Å². The molecule has 1 fully saturated rings. The molecule has 0 saturated heterocycles. The summed E-state index contributed by atoms with van der Waals surface area (Å²) in [5, 5.41) is 8.62. The minimum absolute atomic E-state index is 0.131. The molecular formula is C9H13NO. The molecule has 2 nitrogen and oxygen atoms in total. The van der Waals surface area contributed by atoms with Gasteiger partial charge in [-0.25, -0.2) is 0 Å². The van der Waals surface area contributed by atoms with E-state index in [4.69, 9.17) is 5.26 Å². The molecule has 0 aromatic carbocycles. The monoisotopic (exact) mass is 151 g/mol. The number of nitriles is 1. The first-order chi connectivity index (χ1) is 5.08. The molecular weight excluding hydrogens is 138 g/mol. The molecule has 1 atom stereocenters. The Bertz CT molecular complexity index is 212. The Morgan fingerprint density at radius 3 is 2.73 bits per heavy atom. The van der Waals surface area contributed by atoms with Crippen LogP contribution in [-0.4, -0.2) is 5.78 Å². The lowest BCUT2D eigenvalue weighted by molar-refractivity contribution is -0.132. The van der Waals surface area contributed by atoms with Crippen LogP contribution < -0.4 is 0 Å². The van der Waals surface area contributed by atoms with Crippen molar-refractivity contribution in [1.82, 2.24) is 0 Å². The summed E-state index contributed by atoms with van der Waals surface area (Å²) in [6, 6.07) is 2.06. The van der Waals surface area contributed by atoms with Crippen molar-refractivity contribution in [2.45, 2.75) is 33.1 Å². The van der Waals surface area contributed by atoms with Crippen molar-refractivity contribution in [2.75, 3.05) is 0 Å². The zero-order valence-corrected chi connectivity index (χ0v) is 7.05. The van der Waals surface area contributed by atoms with Gasteiger partial charge in [-0.3, -0.25) is 4.79 Å². The zero-order chi connectivity index (χ0) is 8.48. The van der Waals surface area contributed by atoms with Crippen LogP contribution in [-0.2, 0) is 4.79 Å². The zero-order valence-electron chi connectivity index (χ0n) is 7.05. The molecule has 0 spiro atoms. The first-order valence-electron chi connectivity index (χ1n) is 4.02. The van der Waals surface area contributed by atoms with Gasteiger partial charge in [0.1, 0.15) is 5.92 Å². The second-order valence-electron chi connectivity index (χ2n) is 3.82. The Morgan fingerprint density at radius 2 is 2.27 bits per heavy atom. The smallest absolute Gasteiger partial charge is 0.155 e. The van der Waals surface area contributed by atoms with Gasteiger partial charge in [-0.2, -0.15) is 5.26 Å². The van der Waals surface area contributed by atoms with E-state index < -0.39 is 0 Å². The molecule has 0 N–H and O–H groups in total. The van der Waals surface area contributed by atoms with Crippen LogP contribution in [0.15, 0.2) is 0 Å². The quantitative estimate of drug-likeness (QED) is 0.530. The highest BCUT2D eigenvalue weighted by Crippen LogP contribution is 2.34. The summed E-state index contributed by atoms with van der Waals surface area (Å²) in [6.07, 6.45) is 2.71. The summed E-state index contributed by atoms with van der Waals surface area (Å²) >= 11 is 0. The van der Waals surface area contributed by atoms with Gasteiger partial charge in [0, 0.05) is 5.41 Å². The van der Waals surface area contributed by atoms with Crippen LogP contribution in [0.2, 0.25) is 0 Å². The van der Waals surface area contributed by atoms with Crippen LogP contribution in [0.3, 0.4) is 0 Å². The standard InChI is InChI=1S/C9H13NO/c1-9(2)5-3-4-7(6-10)8(9)11/h7H,3-5H2,1-2H3. The fourth-order valence-corrected chi connectivity index (χ4v) is 1.60. The molecule has 0 aromatic heterocycles. The highest BCUT2D eigenvalue weighted by molar-refractivity contribution is 5.88. The average Bonchev–Trinajstić information content (AvgIpc) is 1.95. The fraction of sp³-hybridized carbons (Fsp3) is 0.778. The maximum absolute atomic E-state index is 11.5. The molecule has 60 valence electrons. The summed E-state index contributed by atoms with van der Waals surface area (Å²) in [6.45, 7) is 3.86. The average molecular weight is 151 g/mol. The van der Waals surface area contributed by atoms with Crippen LogP contribution in [0.4, 0.5) is 0 Å². The molecule has 2 heteroatoms. The van der Waals surface area contributed by atoms with Crippen molar-refractivity contribution in [2.24, 2.45) is 11.3 Å². The van der Waals surface area contributed by atoms with Gasteiger partial charge >= 0.3 is 0 Å². The molecule has 0 bridgehead atoms. The van der Waals surface area contributed by atoms with Gasteiger partial charge in [-0.1, -0.05) is 20.3 Å². The van der Waals surface area contributed by atoms with Crippen molar-refractivity contribution in [3.63, 3.8) is 0 Å². The number of ketones is 1. The van der Waals surface area contributed by atoms with Crippen molar-refractivity contribution in [3.8, 4) is 6.07 Å². The van der Waals surface area contributed by atoms with Gasteiger partial charge < -0.3 is 0 Å². The number of nitrogens with zero attached hydrogens (tertiary/aromatic N) is 1. The van der Waals surface area contributed by atoms with Gasteiger partial charge in [-0.05, 0) is 12.8 Å². The van der Waals surface area contributed by atoms with Crippen molar-refractivity contribution in [1.29, 1.82) is 5.26 Å². The van der Waals surface area contributed by atoms with Crippen LogP contribution in [0.25, 0.3) is 0 Å². The number of hydrogen-bond donors (Lipinski definition) is 0. The first kappa shape index (κ1) is 8.26. The molecule has 1 rings (SSSR count). The van der Waals surface area contributed by atoms with Gasteiger partial charge in [0.15, 0.2) is 5.78 Å². The highest BCUT2D eigenvalue weighted by Gasteiger charge is 2.36. The lowest BCUT2D eigenvalue weighted by Gasteiger charge is -2.30. The third-order valence-corrected chi connectivity index (χ3v) is 2.43. The number of Topliss-reactive ketones (excluding diaryl/α,β-unsaturated/α-hetero) is 1. The summed E-state index contributed by atoms with van der Waals surface area (Å²) in [7, 11) is 0. The summed E-state index contributed by atoms with van der Waals surface area (Å²) in [5.41, 5.74) is -0.251. The fourth-order valence-electron chi connectivity index (χ4n) is 1.60. The summed E-state index contributed by atoms with van der Waals surface area (Å²) in [4.78, 5) is 11.5. The Labute approximate surface area is 67.2 Å². The Kier molecular flexibility index (Phi) is 1.99. The number of hydrogen-bond acceptors (Lipinski definition) is 2. The predicted octanol–water partition coefficient (Wildman–Crippen LogP) is 1.91. The number of rotatable bonds is 0. The lowest BCUT2D eigenvalue weighted by atomic mass is 9.71. The largest absolute Gasteiger partial charge is 0.298 e. The van der Waals surface area contributed by atoms with Crippen molar-refractivity contribution in [3.05, 3.63) is 0 Å². The van der Waals surface area contributed by atoms with E-state index in [1.807, 2.05) is 13.8 Å². The Hall–Kier alpha value is -0.840. The summed E-state index contributed by atoms with van der Waals surface area (Å²) in [5.74, 6) is -0.204. The number of carbonyl (C=O) groups excluding carboxylic acids is 1. The third-order valence-electron chi connectivity index (χ3n) is 2.43. The SMILES string of the molecule is CC1(C)CCCC(C#N)C1=O. The van der Waals surface area contributed by atoms with Crippen molar-refractivity contribution < 1.29 is 4.79 Å². The Balaban J connectivity index is 2.78. The molecule has 11 heavy (non-hydrogen) atoms. The second kappa shape index (κ2) is 2.65. The molecule has 0 aromatic rings. The van der Waals surface area contributed by atoms with E-state index in [0.29, 0.717) is 0 Å². The van der Waals surface area contributed by atoms with Crippen LogP contribution in [0, 0.1) is 22.7 Å². The van der Waals surface area contributed by atoms with Gasteiger partial charge in [-0.15, -0.1) is 0 Å². The molecule has 0 aliphatic heterocycles. The highest BCUT2D eigenvalue weighted by atomic mass is 16.1. The van der Waals surface area contributed by atoms with Gasteiger partial charge in [0.05, 0.1) is 6.07 Å². The molecule has 1 aliphatic carbocycles. The minimum atomic E-state index is -0.334. The lowest BCUT2D eigenvalue weighted by Crippen LogP contribution is -2.34. The van der Waals surface area contributed by atoms with E-state index in [0.717, 1.165) is 19.3 Å². The summed E-state index contributed by atoms with van der Waals surface area (Å²) < 4.78 is 0. The van der Waals surface area contributed by atoms with Crippen molar-refractivity contribution >= 4 is 5.78 Å². The molecule has 0 heterocycles. The maximum Gasteiger partial charge on any atom is 0.155 e. The normalized spacial score (nSPS) is 29.5. The molecule has 0 amide bonds. The van der Waals surface area contributed by atoms with Crippen LogP contribution in [0.1, 0.15) is 33.1 Å². The van der Waals surface area contributed by atoms with Gasteiger partial charge in [0.25, 0.3) is 0 Å². The number of carbonyl (C=O) groups is 1. The van der Waals surface area contributed by atoms with E-state index in [1.54, 1.807) is 0 Å². The topological polar surface area (TPSA) is 40.9 Å². The molecule has 1 saturated carbocycles. The first-order valence-corrected chi connectivity index (χ1v) is 4.02. The Morgan fingerprint density at radius 1 is 1.64 bits per heavy atom. The van der Waals surface area contributed by atoms with E-state index in [9.17, 15) is 4.79 Å². The minimum Gasteiger partial charge on any atom is -0.298 e. The molecule has 0 radical (unpaired) electrons. The van der Waals surface area contributed by atoms with E-state index in [-0.39, 0.29) is 17.1 Å². The molecule has 1 aliphatic rings. The maximum atomic E-state index is 11.5. The van der Waals surface area contributed by atoms with Crippen LogP contribution in [0.5, 0.6) is 0 Å². The van der Waals surface area contributed by atoms with Crippen LogP contribution >= 0.6 is 0 Å². The third kappa shape index (κ3) is 1.42. The van der Waals surface area contributed by atoms with E-state index >= 15 is 0 Å². The molecule has 1 unspecified atom stereocenters. The van der Waals surface area contributed by atoms with E-state index in [1.165, 1.54) is 0 Å².